The first-order chi connectivity index (χ1) is 5.17. The van der Waals surface area contributed by atoms with E-state index >= 15 is 0 Å². The monoisotopic (exact) mass is 191 g/mol. The lowest BCUT2D eigenvalue weighted by Crippen LogP contribution is -2.46. The largest absolute Gasteiger partial charge is 0.464 e. The zero-order valence-electron chi connectivity index (χ0n) is 8.26. The summed E-state index contributed by atoms with van der Waals surface area (Å²) in [6.07, 6.45) is -1.14. The first-order valence-corrected chi connectivity index (χ1v) is 6.74. The lowest BCUT2D eigenvalue weighted by Gasteiger charge is -2.34. The molecule has 0 rings (SSSR count). The van der Waals surface area contributed by atoms with Crippen LogP contribution in [0.4, 0.5) is 4.79 Å². The minimum atomic E-state index is -1.96. The van der Waals surface area contributed by atoms with Crippen molar-refractivity contribution >= 4 is 14.4 Å². The van der Waals surface area contributed by atoms with Crippen LogP contribution in [-0.4, -0.2) is 19.5 Å². The van der Waals surface area contributed by atoms with Gasteiger partial charge in [-0.15, -0.1) is 0 Å². The maximum atomic E-state index is 10.2. The number of hydrogen-bond donors (Lipinski definition) is 2. The molecule has 0 spiro atoms. The minimum Gasteiger partial charge on any atom is -0.464 e. The molecule has 1 amide bonds. The molecule has 0 fully saturated rings. The maximum absolute atomic E-state index is 10.2. The van der Waals surface area contributed by atoms with Gasteiger partial charge >= 0.3 is 6.09 Å². The van der Waals surface area contributed by atoms with Crippen molar-refractivity contribution in [1.82, 2.24) is 5.48 Å². The highest BCUT2D eigenvalue weighted by atomic mass is 28.4. The molecular formula is C7H17NO3Si. The molecule has 0 aliphatic carbocycles. The molecule has 72 valence electrons. The molecule has 0 heterocycles. The third-order valence-electron chi connectivity index (χ3n) is 2.20. The molecule has 0 aromatic rings. The summed E-state index contributed by atoms with van der Waals surface area (Å²) in [5.74, 6) is 0. The van der Waals surface area contributed by atoms with Crippen LogP contribution in [0.25, 0.3) is 0 Å². The van der Waals surface area contributed by atoms with Gasteiger partial charge in [0.25, 0.3) is 0 Å². The Balaban J connectivity index is 4.14. The van der Waals surface area contributed by atoms with Crippen LogP contribution in [0.15, 0.2) is 0 Å². The van der Waals surface area contributed by atoms with E-state index in [2.05, 4.69) is 0 Å². The smallest absolute Gasteiger partial charge is 0.427 e. The molecule has 0 aliphatic heterocycles. The van der Waals surface area contributed by atoms with Crippen molar-refractivity contribution in [2.45, 2.75) is 38.9 Å². The highest BCUT2D eigenvalue weighted by Gasteiger charge is 2.38. The van der Waals surface area contributed by atoms with Crippen LogP contribution in [0.2, 0.25) is 18.1 Å². The van der Waals surface area contributed by atoms with Gasteiger partial charge in [-0.25, -0.2) is 10.3 Å². The highest BCUT2D eigenvalue weighted by molar-refractivity contribution is 6.74. The van der Waals surface area contributed by atoms with E-state index in [0.29, 0.717) is 0 Å². The zero-order chi connectivity index (χ0) is 9.99. The van der Waals surface area contributed by atoms with Gasteiger partial charge in [-0.1, -0.05) is 20.8 Å². The summed E-state index contributed by atoms with van der Waals surface area (Å²) in [6.45, 7) is 10.1. The fourth-order valence-corrected chi connectivity index (χ4v) is 0.973. The number of hydroxylamine groups is 1. The van der Waals surface area contributed by atoms with Gasteiger partial charge in [0.05, 0.1) is 0 Å². The van der Waals surface area contributed by atoms with E-state index in [-0.39, 0.29) is 5.04 Å². The molecule has 0 unspecified atom stereocenters. The molecule has 4 nitrogen and oxygen atoms in total. The summed E-state index contributed by atoms with van der Waals surface area (Å²) < 4.78 is 5.14. The standard InChI is InChI=1S/C7H17NO3Si/c1-7(2,3)12(4,5)11-8-6(9)10/h8H,1-5H3,(H,9,10). The van der Waals surface area contributed by atoms with Crippen LogP contribution in [0.1, 0.15) is 20.8 Å². The predicted molar refractivity (Wildman–Crippen MR) is 49.4 cm³/mol. The lowest BCUT2D eigenvalue weighted by molar-refractivity contribution is 0.127. The molecule has 5 heteroatoms. The molecule has 12 heavy (non-hydrogen) atoms. The van der Waals surface area contributed by atoms with Crippen molar-refractivity contribution in [3.8, 4) is 0 Å². The Hall–Kier alpha value is -0.553. The molecule has 0 radical (unpaired) electrons. The first-order valence-electron chi connectivity index (χ1n) is 3.84. The van der Waals surface area contributed by atoms with Gasteiger partial charge in [0, 0.05) is 0 Å². The number of amides is 1. The summed E-state index contributed by atoms with van der Waals surface area (Å²) >= 11 is 0. The fraction of sp³-hybridized carbons (Fsp3) is 0.857. The molecule has 2 N–H and O–H groups in total. The predicted octanol–water partition coefficient (Wildman–Crippen LogP) is 2.19. The van der Waals surface area contributed by atoms with Crippen LogP contribution >= 0.6 is 0 Å². The van der Waals surface area contributed by atoms with Crippen molar-refractivity contribution in [3.63, 3.8) is 0 Å². The van der Waals surface area contributed by atoms with E-state index < -0.39 is 14.4 Å². The van der Waals surface area contributed by atoms with Crippen LogP contribution < -0.4 is 5.48 Å². The maximum Gasteiger partial charge on any atom is 0.427 e. The Morgan fingerprint density at radius 3 is 2.08 bits per heavy atom. The van der Waals surface area contributed by atoms with Gasteiger partial charge in [-0.3, -0.25) is 0 Å². The van der Waals surface area contributed by atoms with Crippen molar-refractivity contribution < 1.29 is 14.4 Å². The Bertz CT molecular complexity index is 174. The van der Waals surface area contributed by atoms with Crippen molar-refractivity contribution in [2.24, 2.45) is 0 Å². The summed E-state index contributed by atoms with van der Waals surface area (Å²) in [5.41, 5.74) is 1.97. The second-order valence-electron chi connectivity index (χ2n) is 4.27. The Morgan fingerprint density at radius 1 is 1.42 bits per heavy atom. The molecular weight excluding hydrogens is 174 g/mol. The van der Waals surface area contributed by atoms with E-state index in [0.717, 1.165) is 0 Å². The van der Waals surface area contributed by atoms with Gasteiger partial charge in [-0.2, -0.15) is 0 Å². The van der Waals surface area contributed by atoms with Crippen LogP contribution in [0.5, 0.6) is 0 Å². The molecule has 0 saturated heterocycles. The molecule has 0 aliphatic rings. The zero-order valence-corrected chi connectivity index (χ0v) is 9.26. The molecule has 0 saturated carbocycles. The van der Waals surface area contributed by atoms with Crippen molar-refractivity contribution in [2.75, 3.05) is 0 Å². The van der Waals surface area contributed by atoms with E-state index in [1.807, 2.05) is 39.3 Å². The lowest BCUT2D eigenvalue weighted by atomic mass is 10.2. The Morgan fingerprint density at radius 2 is 1.83 bits per heavy atom. The SMILES string of the molecule is CC(C)(C)[Si](C)(C)ONC(=O)O. The number of hydrogen-bond acceptors (Lipinski definition) is 2. The van der Waals surface area contributed by atoms with Crippen LogP contribution in [-0.2, 0) is 4.53 Å². The van der Waals surface area contributed by atoms with Gasteiger partial charge < -0.3 is 9.63 Å². The summed E-state index contributed by atoms with van der Waals surface area (Å²) in [4.78, 5) is 10.2. The normalized spacial score (nSPS) is 12.8. The summed E-state index contributed by atoms with van der Waals surface area (Å²) in [7, 11) is -1.96. The summed E-state index contributed by atoms with van der Waals surface area (Å²) in [6, 6.07) is 0. The molecule has 0 atom stereocenters. The quantitative estimate of drug-likeness (QED) is 0.519. The number of nitrogens with one attached hydrogen (secondary N) is 1. The Labute approximate surface area is 74.0 Å². The topological polar surface area (TPSA) is 58.6 Å². The third kappa shape index (κ3) is 3.23. The molecule has 0 bridgehead atoms. The van der Waals surface area contributed by atoms with Gasteiger partial charge in [0.15, 0.2) is 0 Å². The van der Waals surface area contributed by atoms with Gasteiger partial charge in [-0.05, 0) is 18.1 Å². The minimum absolute atomic E-state index is 0.0233. The van der Waals surface area contributed by atoms with Gasteiger partial charge in [0.1, 0.15) is 0 Å². The summed E-state index contributed by atoms with van der Waals surface area (Å²) in [5, 5.41) is 8.35. The van der Waals surface area contributed by atoms with Crippen molar-refractivity contribution in [1.29, 1.82) is 0 Å². The van der Waals surface area contributed by atoms with Crippen LogP contribution in [0, 0.1) is 0 Å². The first kappa shape index (κ1) is 11.4. The Kier molecular flexibility index (Phi) is 3.29. The average molecular weight is 191 g/mol. The fourth-order valence-electron chi connectivity index (χ4n) is 0.324. The van der Waals surface area contributed by atoms with Crippen molar-refractivity contribution in [3.05, 3.63) is 0 Å². The average Bonchev–Trinajstić information content (AvgIpc) is 1.81. The van der Waals surface area contributed by atoms with E-state index in [1.54, 1.807) is 0 Å². The highest BCUT2D eigenvalue weighted by Crippen LogP contribution is 2.35. The van der Waals surface area contributed by atoms with E-state index in [1.165, 1.54) is 0 Å². The second kappa shape index (κ2) is 3.45. The second-order valence-corrected chi connectivity index (χ2v) is 8.99. The third-order valence-corrected chi connectivity index (χ3v) is 6.42. The number of rotatable bonds is 2. The number of carboxylic acid groups (broad SMARTS) is 1. The molecule has 0 aromatic carbocycles. The molecule has 0 aromatic heterocycles. The van der Waals surface area contributed by atoms with E-state index in [4.69, 9.17) is 9.63 Å². The van der Waals surface area contributed by atoms with E-state index in [9.17, 15) is 4.79 Å². The van der Waals surface area contributed by atoms with Gasteiger partial charge in [0.2, 0.25) is 8.32 Å². The number of carbonyl (C=O) groups is 1. The van der Waals surface area contributed by atoms with Crippen LogP contribution in [0.3, 0.4) is 0 Å².